The number of benzene rings is 2. The van der Waals surface area contributed by atoms with Crippen molar-refractivity contribution in [3.8, 4) is 17.1 Å². The smallest absolute Gasteiger partial charge is 0.230 e. The van der Waals surface area contributed by atoms with E-state index < -0.39 is 0 Å². The quantitative estimate of drug-likeness (QED) is 0.755. The normalized spacial score (nSPS) is 10.4. The summed E-state index contributed by atoms with van der Waals surface area (Å²) in [5.41, 5.74) is 2.07. The molecule has 0 fully saturated rings. The molecule has 0 aliphatic carbocycles. The number of hydrogen-bond donors (Lipinski definition) is 1. The number of carbonyl (C=O) groups is 1. The van der Waals surface area contributed by atoms with E-state index >= 15 is 0 Å². The fourth-order valence-electron chi connectivity index (χ4n) is 2.22. The Morgan fingerprint density at radius 3 is 2.71 bits per heavy atom. The average Bonchev–Trinajstić information content (AvgIpc) is 3.03. The topological polar surface area (TPSA) is 64.4 Å². The summed E-state index contributed by atoms with van der Waals surface area (Å²) in [5.74, 6) is 1.18. The molecule has 1 N–H and O–H groups in total. The molecular weight excluding hydrogens is 328 g/mol. The summed E-state index contributed by atoms with van der Waals surface area (Å²) in [4.78, 5) is 12.1. The predicted molar refractivity (Wildman–Crippen MR) is 92.3 cm³/mol. The number of halogens is 1. The van der Waals surface area contributed by atoms with Gasteiger partial charge in [-0.25, -0.2) is 0 Å². The van der Waals surface area contributed by atoms with Crippen LogP contribution in [0.3, 0.4) is 0 Å². The molecule has 24 heavy (non-hydrogen) atoms. The van der Waals surface area contributed by atoms with Gasteiger partial charge in [0.15, 0.2) is 5.76 Å². The van der Waals surface area contributed by atoms with E-state index in [-0.39, 0.29) is 12.3 Å². The first-order chi connectivity index (χ1) is 11.6. The van der Waals surface area contributed by atoms with E-state index in [1.165, 1.54) is 0 Å². The van der Waals surface area contributed by atoms with Gasteiger partial charge in [-0.15, -0.1) is 0 Å². The van der Waals surface area contributed by atoms with Gasteiger partial charge in [0.2, 0.25) is 5.91 Å². The SMILES string of the molecule is COc1ccc(-c2cc(CC(=O)Nc3cccc(Cl)c3)no2)cc1. The monoisotopic (exact) mass is 342 g/mol. The number of aromatic nitrogens is 1. The number of ether oxygens (including phenoxy) is 1. The van der Waals surface area contributed by atoms with Crippen molar-refractivity contribution >= 4 is 23.2 Å². The Morgan fingerprint density at radius 1 is 1.21 bits per heavy atom. The zero-order chi connectivity index (χ0) is 16.9. The Hall–Kier alpha value is -2.79. The zero-order valence-electron chi connectivity index (χ0n) is 13.0. The highest BCUT2D eigenvalue weighted by Gasteiger charge is 2.11. The van der Waals surface area contributed by atoms with Gasteiger partial charge < -0.3 is 14.6 Å². The number of nitrogens with one attached hydrogen (secondary N) is 1. The minimum absolute atomic E-state index is 0.117. The lowest BCUT2D eigenvalue weighted by Gasteiger charge is -2.03. The highest BCUT2D eigenvalue weighted by Crippen LogP contribution is 2.23. The average molecular weight is 343 g/mol. The van der Waals surface area contributed by atoms with Crippen LogP contribution in [-0.4, -0.2) is 18.2 Å². The lowest BCUT2D eigenvalue weighted by Crippen LogP contribution is -2.14. The summed E-state index contributed by atoms with van der Waals surface area (Å²) in [6.07, 6.45) is 0.117. The molecule has 1 heterocycles. The maximum absolute atomic E-state index is 12.1. The second-order valence-electron chi connectivity index (χ2n) is 5.15. The molecule has 0 spiro atoms. The van der Waals surface area contributed by atoms with Crippen LogP contribution in [0.2, 0.25) is 5.02 Å². The van der Waals surface area contributed by atoms with E-state index in [2.05, 4.69) is 10.5 Å². The fourth-order valence-corrected chi connectivity index (χ4v) is 2.41. The van der Waals surface area contributed by atoms with Gasteiger partial charge in [-0.3, -0.25) is 4.79 Å². The minimum Gasteiger partial charge on any atom is -0.497 e. The Kier molecular flexibility index (Phi) is 4.82. The van der Waals surface area contributed by atoms with Crippen molar-refractivity contribution in [3.63, 3.8) is 0 Å². The molecule has 3 aromatic rings. The van der Waals surface area contributed by atoms with Crippen molar-refractivity contribution in [2.24, 2.45) is 0 Å². The molecule has 0 aliphatic heterocycles. The summed E-state index contributed by atoms with van der Waals surface area (Å²) in [5, 5.41) is 7.28. The zero-order valence-corrected chi connectivity index (χ0v) is 13.7. The first-order valence-electron chi connectivity index (χ1n) is 7.29. The van der Waals surface area contributed by atoms with E-state index in [1.54, 1.807) is 37.4 Å². The van der Waals surface area contributed by atoms with Crippen molar-refractivity contribution < 1.29 is 14.1 Å². The molecule has 0 aliphatic rings. The van der Waals surface area contributed by atoms with E-state index in [4.69, 9.17) is 20.9 Å². The molecule has 6 heteroatoms. The number of amides is 1. The molecule has 0 radical (unpaired) electrons. The van der Waals surface area contributed by atoms with Crippen LogP contribution >= 0.6 is 11.6 Å². The molecular formula is C18H15ClN2O3. The number of nitrogens with zero attached hydrogens (tertiary/aromatic N) is 1. The van der Waals surface area contributed by atoms with Crippen molar-refractivity contribution in [1.29, 1.82) is 0 Å². The van der Waals surface area contributed by atoms with Crippen molar-refractivity contribution in [1.82, 2.24) is 5.16 Å². The summed E-state index contributed by atoms with van der Waals surface area (Å²) in [7, 11) is 1.61. The van der Waals surface area contributed by atoms with Gasteiger partial charge in [-0.1, -0.05) is 22.8 Å². The first kappa shape index (κ1) is 16.1. The van der Waals surface area contributed by atoms with Gasteiger partial charge in [0.05, 0.1) is 19.2 Å². The Balaban J connectivity index is 1.65. The Bertz CT molecular complexity index is 843. The Labute approximate surface area is 144 Å². The summed E-state index contributed by atoms with van der Waals surface area (Å²) in [6.45, 7) is 0. The van der Waals surface area contributed by atoms with Gasteiger partial charge >= 0.3 is 0 Å². The third-order valence-corrected chi connectivity index (χ3v) is 3.62. The largest absolute Gasteiger partial charge is 0.497 e. The number of hydrogen-bond acceptors (Lipinski definition) is 4. The standard InChI is InChI=1S/C18H15ClN2O3/c1-23-16-7-5-12(6-8-16)17-10-15(21-24-17)11-18(22)20-14-4-2-3-13(19)9-14/h2-10H,11H2,1H3,(H,20,22). The predicted octanol–water partition coefficient (Wildman–Crippen LogP) is 4.18. The molecule has 0 bridgehead atoms. The van der Waals surface area contributed by atoms with Gasteiger partial charge in [-0.2, -0.15) is 0 Å². The molecule has 0 unspecified atom stereocenters. The van der Waals surface area contributed by atoms with Crippen LogP contribution in [0.25, 0.3) is 11.3 Å². The number of rotatable bonds is 5. The molecule has 1 aromatic heterocycles. The number of carbonyl (C=O) groups excluding carboxylic acids is 1. The maximum atomic E-state index is 12.1. The van der Waals surface area contributed by atoms with Gasteiger partial charge in [0.25, 0.3) is 0 Å². The van der Waals surface area contributed by atoms with E-state index in [1.807, 2.05) is 24.3 Å². The van der Waals surface area contributed by atoms with Gasteiger partial charge in [0, 0.05) is 22.3 Å². The third-order valence-electron chi connectivity index (χ3n) is 3.38. The molecule has 122 valence electrons. The van der Waals surface area contributed by atoms with Crippen LogP contribution in [0.15, 0.2) is 59.1 Å². The molecule has 3 rings (SSSR count). The lowest BCUT2D eigenvalue weighted by atomic mass is 10.1. The molecule has 0 saturated heterocycles. The summed E-state index contributed by atoms with van der Waals surface area (Å²) >= 11 is 5.89. The third kappa shape index (κ3) is 3.94. The van der Waals surface area contributed by atoms with E-state index in [9.17, 15) is 4.79 Å². The molecule has 2 aromatic carbocycles. The maximum Gasteiger partial charge on any atom is 0.230 e. The van der Waals surface area contributed by atoms with Crippen LogP contribution in [0, 0.1) is 0 Å². The van der Waals surface area contributed by atoms with Crippen LogP contribution in [0.4, 0.5) is 5.69 Å². The molecule has 5 nitrogen and oxygen atoms in total. The van der Waals surface area contributed by atoms with Crippen LogP contribution in [0.5, 0.6) is 5.75 Å². The van der Waals surface area contributed by atoms with Gasteiger partial charge in [-0.05, 0) is 42.5 Å². The summed E-state index contributed by atoms with van der Waals surface area (Å²) in [6, 6.07) is 16.1. The minimum atomic E-state index is -0.188. The van der Waals surface area contributed by atoms with E-state index in [0.29, 0.717) is 22.2 Å². The van der Waals surface area contributed by atoms with E-state index in [0.717, 1.165) is 11.3 Å². The first-order valence-corrected chi connectivity index (χ1v) is 7.67. The number of anilines is 1. The van der Waals surface area contributed by atoms with Crippen LogP contribution in [0.1, 0.15) is 5.69 Å². The highest BCUT2D eigenvalue weighted by atomic mass is 35.5. The van der Waals surface area contributed by atoms with Crippen LogP contribution in [-0.2, 0) is 11.2 Å². The molecule has 1 amide bonds. The lowest BCUT2D eigenvalue weighted by molar-refractivity contribution is -0.115. The van der Waals surface area contributed by atoms with Crippen molar-refractivity contribution in [2.45, 2.75) is 6.42 Å². The number of methoxy groups -OCH3 is 1. The van der Waals surface area contributed by atoms with Crippen molar-refractivity contribution in [2.75, 3.05) is 12.4 Å². The van der Waals surface area contributed by atoms with Crippen LogP contribution < -0.4 is 10.1 Å². The van der Waals surface area contributed by atoms with Crippen molar-refractivity contribution in [3.05, 3.63) is 65.3 Å². The van der Waals surface area contributed by atoms with Gasteiger partial charge in [0.1, 0.15) is 5.75 Å². The summed E-state index contributed by atoms with van der Waals surface area (Å²) < 4.78 is 10.4. The second kappa shape index (κ2) is 7.19. The Morgan fingerprint density at radius 2 is 2.00 bits per heavy atom. The highest BCUT2D eigenvalue weighted by molar-refractivity contribution is 6.30. The second-order valence-corrected chi connectivity index (χ2v) is 5.58. The fraction of sp³-hybridized carbons (Fsp3) is 0.111. The molecule has 0 atom stereocenters. The molecule has 0 saturated carbocycles.